The van der Waals surface area contributed by atoms with Crippen LogP contribution in [0.25, 0.3) is 0 Å². The second-order valence-electron chi connectivity index (χ2n) is 8.89. The lowest BCUT2D eigenvalue weighted by Gasteiger charge is -2.36. The van der Waals surface area contributed by atoms with Crippen molar-refractivity contribution in [2.75, 3.05) is 19.6 Å². The topological polar surface area (TPSA) is 78.5 Å². The fraction of sp³-hybridized carbons (Fsp3) is 0.609. The SMILES string of the molecule is Cc1ccc(C(=O)N[C@H](C(=O)NCC(C)C)C2CCN(C(=O)C3CC3)CC2)cc1. The summed E-state index contributed by atoms with van der Waals surface area (Å²) in [5, 5.41) is 5.94. The first-order valence-corrected chi connectivity index (χ1v) is 10.8. The molecule has 1 aromatic carbocycles. The third kappa shape index (κ3) is 5.81. The van der Waals surface area contributed by atoms with Gasteiger partial charge in [0.15, 0.2) is 0 Å². The molecule has 0 radical (unpaired) electrons. The molecule has 3 amide bonds. The molecular weight excluding hydrogens is 366 g/mol. The van der Waals surface area contributed by atoms with Crippen molar-refractivity contribution in [3.8, 4) is 0 Å². The number of carbonyl (C=O) groups excluding carboxylic acids is 3. The number of hydrogen-bond acceptors (Lipinski definition) is 3. The number of carbonyl (C=O) groups is 3. The first kappa shape index (κ1) is 21.3. The van der Waals surface area contributed by atoms with Gasteiger partial charge in [0.25, 0.3) is 5.91 Å². The Kier molecular flexibility index (Phi) is 6.93. The van der Waals surface area contributed by atoms with Gasteiger partial charge in [-0.1, -0.05) is 31.5 Å². The van der Waals surface area contributed by atoms with Gasteiger partial charge < -0.3 is 15.5 Å². The molecule has 3 rings (SSSR count). The molecule has 1 aromatic rings. The third-order valence-corrected chi connectivity index (χ3v) is 5.82. The van der Waals surface area contributed by atoms with Crippen LogP contribution in [-0.2, 0) is 9.59 Å². The van der Waals surface area contributed by atoms with Crippen molar-refractivity contribution in [2.24, 2.45) is 17.8 Å². The molecule has 1 saturated heterocycles. The average Bonchev–Trinajstić information content (AvgIpc) is 3.55. The molecule has 1 saturated carbocycles. The standard InChI is InChI=1S/C23H33N3O3/c1-15(2)14-24-22(28)20(25-21(27)18-6-4-16(3)5-7-18)17-10-12-26(13-11-17)23(29)19-8-9-19/h4-7,15,17,19-20H,8-14H2,1-3H3,(H,24,28)(H,25,27)/t20-/m0/s1. The zero-order valence-corrected chi connectivity index (χ0v) is 17.7. The summed E-state index contributed by atoms with van der Waals surface area (Å²) in [6.07, 6.45) is 3.47. The number of likely N-dealkylation sites (tertiary alicyclic amines) is 1. The number of hydrogen-bond donors (Lipinski definition) is 2. The Balaban J connectivity index is 1.65. The van der Waals surface area contributed by atoms with Gasteiger partial charge in [-0.3, -0.25) is 14.4 Å². The van der Waals surface area contributed by atoms with Crippen molar-refractivity contribution in [3.63, 3.8) is 0 Å². The van der Waals surface area contributed by atoms with Gasteiger partial charge in [0.2, 0.25) is 11.8 Å². The predicted octanol–water partition coefficient (Wildman–Crippen LogP) is 2.51. The van der Waals surface area contributed by atoms with Gasteiger partial charge in [-0.15, -0.1) is 0 Å². The Morgan fingerprint density at radius 1 is 1.03 bits per heavy atom. The summed E-state index contributed by atoms with van der Waals surface area (Å²) in [5.41, 5.74) is 1.64. The zero-order chi connectivity index (χ0) is 21.0. The molecule has 1 aliphatic carbocycles. The molecule has 2 fully saturated rings. The van der Waals surface area contributed by atoms with Gasteiger partial charge >= 0.3 is 0 Å². The van der Waals surface area contributed by atoms with Crippen molar-refractivity contribution in [3.05, 3.63) is 35.4 Å². The second kappa shape index (κ2) is 9.42. The lowest BCUT2D eigenvalue weighted by atomic mass is 9.88. The molecule has 0 aromatic heterocycles. The number of nitrogens with one attached hydrogen (secondary N) is 2. The van der Waals surface area contributed by atoms with Crippen LogP contribution in [0.1, 0.15) is 55.5 Å². The molecule has 2 N–H and O–H groups in total. The third-order valence-electron chi connectivity index (χ3n) is 5.82. The number of amides is 3. The summed E-state index contributed by atoms with van der Waals surface area (Å²) < 4.78 is 0. The first-order valence-electron chi connectivity index (χ1n) is 10.8. The first-order chi connectivity index (χ1) is 13.8. The van der Waals surface area contributed by atoms with Gasteiger partial charge in [0, 0.05) is 31.1 Å². The Bertz CT molecular complexity index is 732. The smallest absolute Gasteiger partial charge is 0.251 e. The molecule has 1 heterocycles. The number of benzene rings is 1. The highest BCUT2D eigenvalue weighted by molar-refractivity contribution is 5.97. The lowest BCUT2D eigenvalue weighted by molar-refractivity contribution is -0.134. The summed E-state index contributed by atoms with van der Waals surface area (Å²) in [7, 11) is 0. The van der Waals surface area contributed by atoms with Gasteiger partial charge in [0.1, 0.15) is 6.04 Å². The second-order valence-corrected chi connectivity index (χ2v) is 8.89. The molecule has 0 unspecified atom stereocenters. The predicted molar refractivity (Wildman–Crippen MR) is 112 cm³/mol. The van der Waals surface area contributed by atoms with E-state index in [0.29, 0.717) is 31.1 Å². The monoisotopic (exact) mass is 399 g/mol. The maximum atomic E-state index is 12.9. The largest absolute Gasteiger partial charge is 0.354 e. The van der Waals surface area contributed by atoms with Crippen LogP contribution in [0.2, 0.25) is 0 Å². The quantitative estimate of drug-likeness (QED) is 0.739. The molecule has 1 aliphatic heterocycles. The Labute approximate surface area is 173 Å². The summed E-state index contributed by atoms with van der Waals surface area (Å²) in [4.78, 5) is 39.9. The van der Waals surface area contributed by atoms with Gasteiger partial charge in [-0.05, 0) is 56.6 Å². The maximum absolute atomic E-state index is 12.9. The molecule has 2 aliphatic rings. The Morgan fingerprint density at radius 2 is 1.66 bits per heavy atom. The molecule has 6 heteroatoms. The summed E-state index contributed by atoms with van der Waals surface area (Å²) in [6, 6.07) is 6.77. The van der Waals surface area contributed by atoms with Crippen LogP contribution in [0.4, 0.5) is 0 Å². The molecule has 1 atom stereocenters. The van der Waals surface area contributed by atoms with E-state index >= 15 is 0 Å². The number of nitrogens with zero attached hydrogens (tertiary/aromatic N) is 1. The average molecular weight is 400 g/mol. The van der Waals surface area contributed by atoms with E-state index in [1.54, 1.807) is 12.1 Å². The fourth-order valence-corrected chi connectivity index (χ4v) is 3.78. The molecular formula is C23H33N3O3. The normalized spacial score (nSPS) is 18.4. The Morgan fingerprint density at radius 3 is 2.21 bits per heavy atom. The number of aryl methyl sites for hydroxylation is 1. The van der Waals surface area contributed by atoms with Gasteiger partial charge in [-0.25, -0.2) is 0 Å². The van der Waals surface area contributed by atoms with E-state index in [1.165, 1.54) is 0 Å². The van der Waals surface area contributed by atoms with Crippen LogP contribution in [0, 0.1) is 24.7 Å². The summed E-state index contributed by atoms with van der Waals surface area (Å²) in [6.45, 7) is 7.96. The minimum Gasteiger partial charge on any atom is -0.354 e. The maximum Gasteiger partial charge on any atom is 0.251 e. The van der Waals surface area contributed by atoms with Crippen LogP contribution in [0.5, 0.6) is 0 Å². The summed E-state index contributed by atoms with van der Waals surface area (Å²) in [5.74, 6) is 0.480. The zero-order valence-electron chi connectivity index (χ0n) is 17.7. The Hall–Kier alpha value is -2.37. The van der Waals surface area contributed by atoms with Crippen molar-refractivity contribution >= 4 is 17.7 Å². The lowest BCUT2D eigenvalue weighted by Crippen LogP contribution is -2.54. The van der Waals surface area contributed by atoms with E-state index in [0.717, 1.165) is 31.2 Å². The van der Waals surface area contributed by atoms with Gasteiger partial charge in [-0.2, -0.15) is 0 Å². The highest BCUT2D eigenvalue weighted by Gasteiger charge is 2.38. The van der Waals surface area contributed by atoms with Crippen molar-refractivity contribution in [1.82, 2.24) is 15.5 Å². The van der Waals surface area contributed by atoms with Crippen molar-refractivity contribution in [2.45, 2.75) is 52.5 Å². The van der Waals surface area contributed by atoms with Crippen LogP contribution in [-0.4, -0.2) is 48.3 Å². The molecule has 158 valence electrons. The number of piperidine rings is 1. The van der Waals surface area contributed by atoms with Crippen LogP contribution >= 0.6 is 0 Å². The highest BCUT2D eigenvalue weighted by atomic mass is 16.2. The fourth-order valence-electron chi connectivity index (χ4n) is 3.78. The van der Waals surface area contributed by atoms with Crippen LogP contribution < -0.4 is 10.6 Å². The van der Waals surface area contributed by atoms with E-state index in [4.69, 9.17) is 0 Å². The van der Waals surface area contributed by atoms with Crippen LogP contribution in [0.15, 0.2) is 24.3 Å². The van der Waals surface area contributed by atoms with Crippen molar-refractivity contribution < 1.29 is 14.4 Å². The van der Waals surface area contributed by atoms with E-state index < -0.39 is 6.04 Å². The minimum absolute atomic E-state index is 0.0276. The molecule has 0 spiro atoms. The minimum atomic E-state index is -0.583. The highest BCUT2D eigenvalue weighted by Crippen LogP contribution is 2.33. The van der Waals surface area contributed by atoms with E-state index in [1.807, 2.05) is 37.8 Å². The van der Waals surface area contributed by atoms with Crippen LogP contribution in [0.3, 0.4) is 0 Å². The van der Waals surface area contributed by atoms with E-state index in [9.17, 15) is 14.4 Å². The molecule has 29 heavy (non-hydrogen) atoms. The van der Waals surface area contributed by atoms with Gasteiger partial charge in [0.05, 0.1) is 0 Å². The van der Waals surface area contributed by atoms with Crippen molar-refractivity contribution in [1.29, 1.82) is 0 Å². The number of rotatable bonds is 7. The van der Waals surface area contributed by atoms with E-state index in [-0.39, 0.29) is 29.6 Å². The summed E-state index contributed by atoms with van der Waals surface area (Å²) >= 11 is 0. The molecule has 0 bridgehead atoms. The van der Waals surface area contributed by atoms with E-state index in [2.05, 4.69) is 10.6 Å². The molecule has 6 nitrogen and oxygen atoms in total.